The Hall–Kier alpha value is -1.43. The number of nitrogens with two attached hydrogens (primary N) is 2. The van der Waals surface area contributed by atoms with Crippen LogP contribution in [0.2, 0.25) is 0 Å². The molecule has 0 aliphatic carbocycles. The number of nitrogen functional groups attached to an aromatic ring is 1. The van der Waals surface area contributed by atoms with E-state index in [9.17, 15) is 9.66 Å². The highest BCUT2D eigenvalue weighted by atomic mass is 32.2. The number of aliphatic hydroxyl groups is 2. The Kier molecular flexibility index (Phi) is 3.73. The quantitative estimate of drug-likeness (QED) is 0.400. The van der Waals surface area contributed by atoms with Gasteiger partial charge in [0.2, 0.25) is 5.95 Å². The molecule has 0 saturated carbocycles. The molecule has 10 heteroatoms. The Morgan fingerprint density at radius 3 is 2.90 bits per heavy atom. The van der Waals surface area contributed by atoms with Crippen molar-refractivity contribution in [1.82, 2.24) is 14.5 Å². The lowest BCUT2D eigenvalue weighted by molar-refractivity contribution is -0.0430. The number of fused-ring (bicyclic) bond motifs is 1. The van der Waals surface area contributed by atoms with Gasteiger partial charge in [-0.05, 0) is 6.07 Å². The van der Waals surface area contributed by atoms with E-state index in [4.69, 9.17) is 20.7 Å². The van der Waals surface area contributed by atoms with Gasteiger partial charge in [0.25, 0.3) is 5.03 Å². The summed E-state index contributed by atoms with van der Waals surface area (Å²) in [6.07, 6.45) is 0.0733. The van der Waals surface area contributed by atoms with Crippen molar-refractivity contribution in [2.45, 2.75) is 29.9 Å². The van der Waals surface area contributed by atoms with E-state index in [1.165, 1.54) is 0 Å². The zero-order valence-electron chi connectivity index (χ0n) is 10.9. The van der Waals surface area contributed by atoms with Crippen LogP contribution in [0.25, 0.3) is 11.0 Å². The summed E-state index contributed by atoms with van der Waals surface area (Å²) in [5.74, 6) is -0.0477. The van der Waals surface area contributed by atoms with Crippen molar-refractivity contribution in [3.63, 3.8) is 0 Å². The zero-order valence-corrected chi connectivity index (χ0v) is 11.7. The lowest BCUT2D eigenvalue weighted by Gasteiger charge is -2.14. The van der Waals surface area contributed by atoms with Gasteiger partial charge in [-0.25, -0.2) is 0 Å². The summed E-state index contributed by atoms with van der Waals surface area (Å²) < 4.78 is 18.7. The Morgan fingerprint density at radius 1 is 1.52 bits per heavy atom. The molecule has 0 amide bonds. The van der Waals surface area contributed by atoms with Crippen molar-refractivity contribution in [2.75, 3.05) is 12.3 Å². The Morgan fingerprint density at radius 2 is 2.29 bits per heavy atom. The molecule has 3 rings (SSSR count). The van der Waals surface area contributed by atoms with Crippen LogP contribution in [0.3, 0.4) is 0 Å². The van der Waals surface area contributed by atoms with Crippen LogP contribution in [-0.2, 0) is 16.1 Å². The van der Waals surface area contributed by atoms with Crippen LogP contribution >= 0.6 is 0 Å². The average Bonchev–Trinajstić information content (AvgIpc) is 3.00. The third-order valence-corrected chi connectivity index (χ3v) is 4.13. The molecule has 21 heavy (non-hydrogen) atoms. The summed E-state index contributed by atoms with van der Waals surface area (Å²) in [7, 11) is 0. The molecule has 1 saturated heterocycles. The van der Waals surface area contributed by atoms with Gasteiger partial charge in [0.15, 0.2) is 5.65 Å². The number of rotatable bonds is 3. The van der Waals surface area contributed by atoms with Crippen LogP contribution in [0.15, 0.2) is 17.3 Å². The largest absolute Gasteiger partial charge is 0.592 e. The molecule has 0 radical (unpaired) electrons. The fraction of sp³-hybridized carbons (Fsp3) is 0.455. The molecule has 4 atom stereocenters. The number of aliphatic hydroxyl groups excluding tert-OH is 2. The van der Waals surface area contributed by atoms with E-state index >= 15 is 0 Å². The standard InChI is InChI=1S/C11H15N5O4S/c12-11-14-9-5(10(15-11)21(13)19)1-2-16(9)8-3-6(18)7(4-17)20-8/h1-2,6-8,17-18H,3-4,13H2,(H2,12,14,15)/t6-,7+,8+,21?/m1/s1. The van der Waals surface area contributed by atoms with Crippen molar-refractivity contribution >= 4 is 28.3 Å². The molecule has 6 N–H and O–H groups in total. The minimum atomic E-state index is -1.79. The third kappa shape index (κ3) is 2.46. The minimum absolute atomic E-state index is 0.0477. The van der Waals surface area contributed by atoms with E-state index in [1.54, 1.807) is 16.8 Å². The average molecular weight is 313 g/mol. The summed E-state index contributed by atoms with van der Waals surface area (Å²) in [5, 5.41) is 25.0. The van der Waals surface area contributed by atoms with Crippen molar-refractivity contribution in [1.29, 1.82) is 0 Å². The van der Waals surface area contributed by atoms with Gasteiger partial charge in [0.05, 0.1) is 29.5 Å². The Balaban J connectivity index is 2.05. The smallest absolute Gasteiger partial charge is 0.279 e. The van der Waals surface area contributed by atoms with Gasteiger partial charge in [-0.15, -0.1) is 5.14 Å². The Labute approximate surface area is 122 Å². The second-order valence-corrected chi connectivity index (χ2v) is 5.74. The van der Waals surface area contributed by atoms with Crippen molar-refractivity contribution in [3.05, 3.63) is 12.3 Å². The number of anilines is 1. The number of hydrogen-bond donors (Lipinski definition) is 4. The van der Waals surface area contributed by atoms with Gasteiger partial charge in [-0.2, -0.15) is 9.97 Å². The van der Waals surface area contributed by atoms with Gasteiger partial charge in [0, 0.05) is 12.6 Å². The fourth-order valence-electron chi connectivity index (χ4n) is 2.46. The third-order valence-electron chi connectivity index (χ3n) is 3.44. The molecule has 1 fully saturated rings. The molecular weight excluding hydrogens is 298 g/mol. The maximum atomic E-state index is 11.5. The number of ether oxygens (including phenoxy) is 1. The van der Waals surface area contributed by atoms with Crippen LogP contribution in [0.4, 0.5) is 5.95 Å². The van der Waals surface area contributed by atoms with Gasteiger partial charge in [0.1, 0.15) is 12.3 Å². The van der Waals surface area contributed by atoms with Crippen LogP contribution in [-0.4, -0.2) is 48.1 Å². The molecule has 3 heterocycles. The van der Waals surface area contributed by atoms with E-state index in [0.717, 1.165) is 0 Å². The lowest BCUT2D eigenvalue weighted by atomic mass is 10.2. The van der Waals surface area contributed by atoms with E-state index in [1.807, 2.05) is 0 Å². The van der Waals surface area contributed by atoms with Crippen LogP contribution in [0.1, 0.15) is 12.6 Å². The van der Waals surface area contributed by atoms with Gasteiger partial charge < -0.3 is 29.8 Å². The monoisotopic (exact) mass is 313 g/mol. The van der Waals surface area contributed by atoms with Crippen LogP contribution in [0.5, 0.6) is 0 Å². The first-order chi connectivity index (χ1) is 10.0. The normalized spacial score (nSPS) is 27.3. The second kappa shape index (κ2) is 5.40. The van der Waals surface area contributed by atoms with Crippen molar-refractivity contribution in [2.24, 2.45) is 5.14 Å². The first kappa shape index (κ1) is 14.5. The molecule has 1 unspecified atom stereocenters. The summed E-state index contributed by atoms with van der Waals surface area (Å²) in [6, 6.07) is 1.66. The number of hydrogen-bond acceptors (Lipinski definition) is 8. The van der Waals surface area contributed by atoms with E-state index in [2.05, 4.69) is 9.97 Å². The summed E-state index contributed by atoms with van der Waals surface area (Å²) in [4.78, 5) is 8.00. The van der Waals surface area contributed by atoms with Gasteiger partial charge >= 0.3 is 0 Å². The molecule has 0 bridgehead atoms. The predicted molar refractivity (Wildman–Crippen MR) is 74.2 cm³/mol. The first-order valence-electron chi connectivity index (χ1n) is 6.26. The molecule has 0 aromatic carbocycles. The second-order valence-electron chi connectivity index (χ2n) is 4.76. The predicted octanol–water partition coefficient (Wildman–Crippen LogP) is -1.36. The molecule has 1 aliphatic rings. The SMILES string of the molecule is Nc1nc([S+](N)[O-])c2ccn([C@@H]3C[C@@H](O)[C@H](CO)O3)c2n1. The van der Waals surface area contributed by atoms with Gasteiger partial charge in [-0.1, -0.05) is 0 Å². The summed E-state index contributed by atoms with van der Waals surface area (Å²) in [6.45, 7) is -0.272. The molecule has 2 aromatic heterocycles. The highest BCUT2D eigenvalue weighted by molar-refractivity contribution is 7.89. The molecule has 0 spiro atoms. The summed E-state index contributed by atoms with van der Waals surface area (Å²) >= 11 is -1.79. The zero-order chi connectivity index (χ0) is 15.1. The van der Waals surface area contributed by atoms with E-state index in [0.29, 0.717) is 17.5 Å². The fourth-order valence-corrected chi connectivity index (χ4v) is 3.02. The Bertz CT molecular complexity index is 663. The lowest BCUT2D eigenvalue weighted by Crippen LogP contribution is -2.24. The van der Waals surface area contributed by atoms with Crippen molar-refractivity contribution < 1.29 is 19.5 Å². The highest BCUT2D eigenvalue weighted by Gasteiger charge is 2.35. The molecule has 2 aromatic rings. The number of nitrogens with zero attached hydrogens (tertiary/aromatic N) is 3. The minimum Gasteiger partial charge on any atom is -0.592 e. The maximum Gasteiger partial charge on any atom is 0.279 e. The van der Waals surface area contributed by atoms with Crippen molar-refractivity contribution in [3.8, 4) is 0 Å². The number of aromatic nitrogens is 3. The maximum absolute atomic E-state index is 11.5. The molecule has 9 nitrogen and oxygen atoms in total. The van der Waals surface area contributed by atoms with Crippen LogP contribution in [0, 0.1) is 0 Å². The van der Waals surface area contributed by atoms with Crippen LogP contribution < -0.4 is 10.9 Å². The topological polar surface area (TPSA) is 156 Å². The van der Waals surface area contributed by atoms with Gasteiger partial charge in [-0.3, -0.25) is 0 Å². The molecular formula is C11H15N5O4S. The van der Waals surface area contributed by atoms with E-state index in [-0.39, 0.29) is 17.6 Å². The molecule has 114 valence electrons. The highest BCUT2D eigenvalue weighted by Crippen LogP contribution is 2.32. The van der Waals surface area contributed by atoms with E-state index < -0.39 is 29.8 Å². The summed E-state index contributed by atoms with van der Waals surface area (Å²) in [5.41, 5.74) is 6.04. The first-order valence-corrected chi connectivity index (χ1v) is 7.47. The molecule has 1 aliphatic heterocycles.